The number of aliphatic hydroxyl groups is 3. The first-order valence-electron chi connectivity index (χ1n) is 22.1. The molecule has 408 valence electrons. The van der Waals surface area contributed by atoms with Crippen LogP contribution >= 0.6 is 0 Å². The van der Waals surface area contributed by atoms with Gasteiger partial charge in [-0.05, 0) is 79.5 Å². The molecule has 70 heavy (non-hydrogen) atoms. The summed E-state index contributed by atoms with van der Waals surface area (Å²) < 4.78 is 32.0. The fourth-order valence-electron chi connectivity index (χ4n) is 6.22. The Morgan fingerprint density at radius 2 is 1.23 bits per heavy atom. The number of aryl methyl sites for hydroxylation is 1. The molecule has 3 aromatic carbocycles. The standard InChI is InChI=1S/C15H21NO2.C15H25NO2.C14H21NO2S.C7H17NO.2CH4.Al.Li.2H2O.Pd.H2.4H/c1-14(2,3)15(4)13(17)18-10-12(16-15)11-8-6-5-7-9-11;1-14(2,3)15(4,11-18)16-13(10-17)12-8-6-5-7-9-12;1-11-6-8-12(9-7-11)18(16,17)15-10-14(15,5)13(2,3)4;1-6(2,3)7(4,8)5-9;;;;;;;;;;;;/h5-9,12,16H,10H2,1-4H3;5-9,13,16-18H,10-11H2,1-4H3;6-9H,10H2,1-5H3;9H,5,8H2,1-4H3;2*1H4;;;2*1H2;;1H;;;;/q;;;;;;;+1;;;;;;;;-1/t12-,15-;13-,15-;14-,15?;7-;;;;;;;;;;;;/m0000............/s1. The summed E-state index contributed by atoms with van der Waals surface area (Å²) in [6.07, 6.45) is 0. The maximum atomic E-state index is 12.5. The Kier molecular flexibility index (Phi) is 35.1. The molecule has 2 saturated heterocycles. The van der Waals surface area contributed by atoms with Gasteiger partial charge in [-0.2, -0.15) is 4.31 Å². The van der Waals surface area contributed by atoms with Crippen molar-refractivity contribution in [1.82, 2.24) is 14.9 Å². The van der Waals surface area contributed by atoms with E-state index in [1.165, 1.54) is 0 Å². The van der Waals surface area contributed by atoms with Crippen LogP contribution in [0.1, 0.15) is 157 Å². The van der Waals surface area contributed by atoms with Gasteiger partial charge < -0.3 is 38.2 Å². The minimum atomic E-state index is -3.34. The van der Waals surface area contributed by atoms with Gasteiger partial charge >= 0.3 is 24.8 Å². The number of rotatable bonds is 9. The topological polar surface area (TPSA) is 237 Å². The maximum absolute atomic E-state index is 12.5. The fourth-order valence-corrected chi connectivity index (χ4v) is 8.18. The molecule has 0 bridgehead atoms. The van der Waals surface area contributed by atoms with Gasteiger partial charge in [-0.1, -0.05) is 176 Å². The van der Waals surface area contributed by atoms with Crippen LogP contribution in [0.15, 0.2) is 89.8 Å². The Hall–Kier alpha value is -1.49. The molecule has 0 spiro atoms. The van der Waals surface area contributed by atoms with Crippen LogP contribution in [0.2, 0.25) is 0 Å². The summed E-state index contributed by atoms with van der Waals surface area (Å²) >= 11 is 0. The summed E-state index contributed by atoms with van der Waals surface area (Å²) in [4.78, 5) is 12.4. The number of morpholine rings is 1. The Labute approximate surface area is 465 Å². The van der Waals surface area contributed by atoms with E-state index in [4.69, 9.17) is 15.6 Å². The summed E-state index contributed by atoms with van der Waals surface area (Å²) in [5.74, 6) is -0.165. The smallest absolute Gasteiger partial charge is 1.00 e. The molecule has 3 aromatic rings. The molecule has 2 aliphatic heterocycles. The predicted octanol–water partition coefficient (Wildman–Crippen LogP) is 4.13. The first-order valence-corrected chi connectivity index (χ1v) is 23.6. The van der Waals surface area contributed by atoms with Crippen molar-refractivity contribution in [1.29, 1.82) is 0 Å². The molecule has 13 nitrogen and oxygen atoms in total. The summed E-state index contributed by atoms with van der Waals surface area (Å²) in [6.45, 7) is 35.5. The minimum Gasteiger partial charge on any atom is -1.00 e. The summed E-state index contributed by atoms with van der Waals surface area (Å²) in [7, 11) is -3.34. The van der Waals surface area contributed by atoms with Crippen LogP contribution in [0.25, 0.3) is 0 Å². The summed E-state index contributed by atoms with van der Waals surface area (Å²) in [6, 6.07) is 26.9. The molecule has 2 heterocycles. The van der Waals surface area contributed by atoms with Crippen LogP contribution in [-0.4, -0.2) is 117 Å². The molecule has 1 unspecified atom stereocenters. The predicted molar refractivity (Wildman–Crippen MR) is 291 cm³/mol. The third-order valence-electron chi connectivity index (χ3n) is 14.0. The zero-order chi connectivity index (χ0) is 48.7. The number of cyclic esters (lactones) is 1. The second-order valence-electron chi connectivity index (χ2n) is 22.3. The van der Waals surface area contributed by atoms with Gasteiger partial charge in [0.15, 0.2) is 17.4 Å². The first-order chi connectivity index (χ1) is 28.6. The van der Waals surface area contributed by atoms with E-state index in [0.29, 0.717) is 18.0 Å². The van der Waals surface area contributed by atoms with Gasteiger partial charge in [0.1, 0.15) is 12.1 Å². The second kappa shape index (κ2) is 30.8. The number of ether oxygens (including phenoxy) is 1. The monoisotopic (exact) mass is 1110 g/mol. The molecule has 7 atom stereocenters. The third kappa shape index (κ3) is 20.3. The molecule has 0 radical (unpaired) electrons. The van der Waals surface area contributed by atoms with E-state index in [9.17, 15) is 23.4 Å². The zero-order valence-corrected chi connectivity index (χ0v) is 46.4. The molecule has 2 fully saturated rings. The van der Waals surface area contributed by atoms with E-state index in [0.717, 1.165) is 16.7 Å². The van der Waals surface area contributed by atoms with Gasteiger partial charge in [-0.25, -0.2) is 8.42 Å². The van der Waals surface area contributed by atoms with Crippen molar-refractivity contribution in [2.24, 2.45) is 27.4 Å². The normalized spacial score (nSPS) is 21.6. The van der Waals surface area contributed by atoms with Crippen molar-refractivity contribution in [3.8, 4) is 0 Å². The Balaban J connectivity index is -0.000000124. The maximum Gasteiger partial charge on any atom is 1.00 e. The number of carbonyl (C=O) groups excluding carboxylic acids is 1. The van der Waals surface area contributed by atoms with E-state index < -0.39 is 26.6 Å². The number of hydrogen-bond acceptors (Lipinski definition) is 10. The number of nitrogens with one attached hydrogen (secondary N) is 2. The second-order valence-corrected chi connectivity index (χ2v) is 24.1. The number of carbonyl (C=O) groups is 1. The van der Waals surface area contributed by atoms with E-state index in [-0.39, 0.29) is 150 Å². The fraction of sp³-hybridized carbons (Fsp3) is 0.642. The van der Waals surface area contributed by atoms with Gasteiger partial charge in [-0.3, -0.25) is 15.4 Å². The van der Waals surface area contributed by atoms with Gasteiger partial charge in [0.2, 0.25) is 10.0 Å². The van der Waals surface area contributed by atoms with E-state index in [1.807, 2.05) is 116 Å². The Morgan fingerprint density at radius 1 is 0.786 bits per heavy atom. The molecule has 5 rings (SSSR count). The molecular weight excluding hydrogens is 1010 g/mol. The minimum absolute atomic E-state index is 0. The van der Waals surface area contributed by atoms with Crippen LogP contribution in [0.4, 0.5) is 0 Å². The number of nitrogens with zero attached hydrogens (tertiary/aromatic N) is 1. The van der Waals surface area contributed by atoms with Gasteiger partial charge in [0, 0.05) is 39.5 Å². The Bertz CT molecular complexity index is 2030. The number of aliphatic hydroxyl groups excluding tert-OH is 3. The van der Waals surface area contributed by atoms with Crippen molar-refractivity contribution >= 4 is 33.4 Å². The SMILES string of the molecule is C.C.CC(C)(C)[C@@](C)(N)CO.CC(C)(C)[C@@]1(C)N[C@H](c2ccccc2)COC1=O.CC(C)(C)[C@](C)(CO)N[C@@H](CO)c1ccccc1.Cc1ccc(S(=O)(=O)N2C[C@@]2(C)C(C)(C)C)cc1.O.O.[AlH3].[H-].[HH].[Li+].[Pd]. The average molecular weight is 1110 g/mol. The molecule has 11 N–H and O–H groups in total. The van der Waals surface area contributed by atoms with E-state index >= 15 is 0 Å². The number of nitrogens with two attached hydrogens (primary N) is 1. The first kappa shape index (κ1) is 79.9. The Morgan fingerprint density at radius 3 is 1.56 bits per heavy atom. The molecule has 2 aliphatic rings. The zero-order valence-electron chi connectivity index (χ0n) is 45.0. The average Bonchev–Trinajstić information content (AvgIpc) is 3.93. The van der Waals surface area contributed by atoms with Crippen LogP contribution in [0, 0.1) is 28.6 Å². The molecule has 0 aromatic heterocycles. The molecule has 17 heteroatoms. The van der Waals surface area contributed by atoms with Gasteiger partial charge in [-0.15, -0.1) is 0 Å². The van der Waals surface area contributed by atoms with Crippen molar-refractivity contribution in [3.63, 3.8) is 0 Å². The number of sulfonamides is 1. The molecule has 0 amide bonds. The summed E-state index contributed by atoms with van der Waals surface area (Å²) in [5, 5.41) is 34.9. The van der Waals surface area contributed by atoms with Crippen molar-refractivity contribution in [2.75, 3.05) is 33.0 Å². The van der Waals surface area contributed by atoms with Crippen LogP contribution in [0.3, 0.4) is 0 Å². The van der Waals surface area contributed by atoms with Crippen molar-refractivity contribution in [3.05, 3.63) is 102 Å². The third-order valence-corrected chi connectivity index (χ3v) is 15.9. The molecule has 0 aliphatic carbocycles. The van der Waals surface area contributed by atoms with Crippen LogP contribution in [0.5, 0.6) is 0 Å². The largest absolute Gasteiger partial charge is 1.00 e. The van der Waals surface area contributed by atoms with Gasteiger partial charge in [0.25, 0.3) is 0 Å². The van der Waals surface area contributed by atoms with Gasteiger partial charge in [0.05, 0.1) is 42.3 Å². The number of esters is 1. The van der Waals surface area contributed by atoms with Crippen LogP contribution in [-0.2, 0) is 40.0 Å². The summed E-state index contributed by atoms with van der Waals surface area (Å²) in [5.41, 5.74) is 6.77. The number of benzene rings is 3. The van der Waals surface area contributed by atoms with Crippen molar-refractivity contribution in [2.45, 2.75) is 172 Å². The van der Waals surface area contributed by atoms with Crippen LogP contribution < -0.4 is 35.2 Å². The van der Waals surface area contributed by atoms with E-state index in [2.05, 4.69) is 85.1 Å². The van der Waals surface area contributed by atoms with Crippen molar-refractivity contribution < 1.29 is 86.4 Å². The number of hydrogen-bond donors (Lipinski definition) is 6. The molecule has 0 saturated carbocycles. The van der Waals surface area contributed by atoms with E-state index in [1.54, 1.807) is 16.4 Å². The quantitative estimate of drug-likeness (QED) is 0.102. The molecular formula is C53H102AlLiN4O9PdS.